The molecule has 0 aromatic heterocycles. The highest BCUT2D eigenvalue weighted by Crippen LogP contribution is 2.37. The molecule has 19 heavy (non-hydrogen) atoms. The average Bonchev–Trinajstić information content (AvgIpc) is 2.80. The SMILES string of the molecule is CC1OC(CS)C(CCC2OC(C)C(O)C2O)C1C. The van der Waals surface area contributed by atoms with Crippen LogP contribution in [0.2, 0.25) is 0 Å². The van der Waals surface area contributed by atoms with E-state index in [0.717, 1.165) is 18.6 Å². The van der Waals surface area contributed by atoms with E-state index in [4.69, 9.17) is 9.47 Å². The molecular weight excluding hydrogens is 264 g/mol. The number of aliphatic hydroxyl groups is 2. The number of thiol groups is 1. The zero-order chi connectivity index (χ0) is 14.2. The summed E-state index contributed by atoms with van der Waals surface area (Å²) < 4.78 is 11.5. The number of hydrogen-bond donors (Lipinski definition) is 3. The maximum absolute atomic E-state index is 9.92. The summed E-state index contributed by atoms with van der Waals surface area (Å²) in [5, 5.41) is 19.6. The number of aliphatic hydroxyl groups excluding tert-OH is 2. The van der Waals surface area contributed by atoms with Crippen molar-refractivity contribution in [1.29, 1.82) is 0 Å². The van der Waals surface area contributed by atoms with E-state index in [0.29, 0.717) is 11.8 Å². The number of ether oxygens (including phenoxy) is 2. The molecule has 5 heteroatoms. The minimum atomic E-state index is -0.764. The highest BCUT2D eigenvalue weighted by Gasteiger charge is 2.42. The van der Waals surface area contributed by atoms with Crippen LogP contribution < -0.4 is 0 Å². The minimum absolute atomic E-state index is 0.189. The maximum Gasteiger partial charge on any atom is 0.109 e. The molecule has 2 aliphatic heterocycles. The Balaban J connectivity index is 1.88. The van der Waals surface area contributed by atoms with Crippen LogP contribution in [-0.4, -0.2) is 52.6 Å². The van der Waals surface area contributed by atoms with Crippen molar-refractivity contribution < 1.29 is 19.7 Å². The summed E-state index contributed by atoms with van der Waals surface area (Å²) in [4.78, 5) is 0. The van der Waals surface area contributed by atoms with E-state index >= 15 is 0 Å². The Kier molecular flexibility index (Phi) is 5.17. The Hall–Kier alpha value is 0.190. The van der Waals surface area contributed by atoms with E-state index in [1.807, 2.05) is 0 Å². The van der Waals surface area contributed by atoms with Gasteiger partial charge in [-0.15, -0.1) is 0 Å². The second-order valence-electron chi connectivity index (χ2n) is 6.02. The first-order chi connectivity index (χ1) is 8.95. The van der Waals surface area contributed by atoms with Crippen LogP contribution in [-0.2, 0) is 9.47 Å². The van der Waals surface area contributed by atoms with Crippen molar-refractivity contribution in [3.63, 3.8) is 0 Å². The molecule has 2 N–H and O–H groups in total. The summed E-state index contributed by atoms with van der Waals surface area (Å²) in [6, 6.07) is 0. The second kappa shape index (κ2) is 6.31. The summed E-state index contributed by atoms with van der Waals surface area (Å²) in [5.74, 6) is 1.68. The predicted molar refractivity (Wildman–Crippen MR) is 76.4 cm³/mol. The first-order valence-corrected chi connectivity index (χ1v) is 7.86. The van der Waals surface area contributed by atoms with E-state index in [-0.39, 0.29) is 24.4 Å². The van der Waals surface area contributed by atoms with Gasteiger partial charge in [0.15, 0.2) is 0 Å². The maximum atomic E-state index is 9.92. The largest absolute Gasteiger partial charge is 0.388 e. The van der Waals surface area contributed by atoms with Crippen molar-refractivity contribution in [2.24, 2.45) is 11.8 Å². The Bertz CT molecular complexity index is 301. The highest BCUT2D eigenvalue weighted by atomic mass is 32.1. The van der Waals surface area contributed by atoms with E-state index in [1.165, 1.54) is 0 Å². The van der Waals surface area contributed by atoms with Gasteiger partial charge in [0.05, 0.1) is 24.4 Å². The molecule has 0 spiro atoms. The third-order valence-electron chi connectivity index (χ3n) is 4.85. The van der Waals surface area contributed by atoms with Gasteiger partial charge in [0, 0.05) is 5.75 Å². The molecule has 112 valence electrons. The molecule has 0 bridgehead atoms. The summed E-state index contributed by atoms with van der Waals surface area (Å²) in [5.41, 5.74) is 0. The lowest BCUT2D eigenvalue weighted by Gasteiger charge is -2.22. The molecule has 0 amide bonds. The van der Waals surface area contributed by atoms with Crippen LogP contribution in [0.15, 0.2) is 0 Å². The van der Waals surface area contributed by atoms with Crippen LogP contribution >= 0.6 is 12.6 Å². The zero-order valence-corrected chi connectivity index (χ0v) is 12.8. The first-order valence-electron chi connectivity index (χ1n) is 7.23. The number of rotatable bonds is 4. The molecule has 0 radical (unpaired) electrons. The van der Waals surface area contributed by atoms with Crippen LogP contribution in [0.3, 0.4) is 0 Å². The molecule has 4 nitrogen and oxygen atoms in total. The molecule has 2 rings (SSSR count). The highest BCUT2D eigenvalue weighted by molar-refractivity contribution is 7.80. The van der Waals surface area contributed by atoms with Crippen molar-refractivity contribution in [3.8, 4) is 0 Å². The summed E-state index contributed by atoms with van der Waals surface area (Å²) in [6.45, 7) is 6.11. The van der Waals surface area contributed by atoms with Gasteiger partial charge in [-0.2, -0.15) is 12.6 Å². The average molecular weight is 290 g/mol. The summed E-state index contributed by atoms with van der Waals surface area (Å²) in [7, 11) is 0. The molecule has 0 saturated carbocycles. The van der Waals surface area contributed by atoms with E-state index < -0.39 is 12.2 Å². The van der Waals surface area contributed by atoms with Crippen LogP contribution in [0, 0.1) is 11.8 Å². The van der Waals surface area contributed by atoms with Crippen LogP contribution in [0.4, 0.5) is 0 Å². The van der Waals surface area contributed by atoms with Crippen LogP contribution in [0.1, 0.15) is 33.6 Å². The van der Waals surface area contributed by atoms with Gasteiger partial charge in [-0.25, -0.2) is 0 Å². The predicted octanol–water partition coefficient (Wildman–Crippen LogP) is 1.25. The fraction of sp³-hybridized carbons (Fsp3) is 1.00. The normalized spacial score (nSPS) is 50.8. The molecule has 0 aliphatic carbocycles. The van der Waals surface area contributed by atoms with Crippen molar-refractivity contribution in [1.82, 2.24) is 0 Å². The fourth-order valence-corrected chi connectivity index (χ4v) is 3.70. The lowest BCUT2D eigenvalue weighted by molar-refractivity contribution is 0.00436. The molecule has 8 unspecified atom stereocenters. The van der Waals surface area contributed by atoms with Gasteiger partial charge in [-0.1, -0.05) is 6.92 Å². The molecule has 2 heterocycles. The zero-order valence-electron chi connectivity index (χ0n) is 11.9. The Morgan fingerprint density at radius 3 is 2.05 bits per heavy atom. The third kappa shape index (κ3) is 3.10. The number of hydrogen-bond acceptors (Lipinski definition) is 5. The summed E-state index contributed by atoms with van der Waals surface area (Å²) >= 11 is 4.36. The van der Waals surface area contributed by atoms with Crippen molar-refractivity contribution in [2.75, 3.05) is 5.75 Å². The van der Waals surface area contributed by atoms with Gasteiger partial charge in [-0.05, 0) is 38.5 Å². The monoisotopic (exact) mass is 290 g/mol. The van der Waals surface area contributed by atoms with Crippen molar-refractivity contribution in [3.05, 3.63) is 0 Å². The topological polar surface area (TPSA) is 58.9 Å². The molecule has 2 fully saturated rings. The van der Waals surface area contributed by atoms with E-state index in [1.54, 1.807) is 6.92 Å². The minimum Gasteiger partial charge on any atom is -0.388 e. The Morgan fingerprint density at radius 1 is 0.895 bits per heavy atom. The molecule has 8 atom stereocenters. The fourth-order valence-electron chi connectivity index (χ4n) is 3.34. The standard InChI is InChI=1S/C14H26O4S/c1-7-8(2)17-12(6-19)10(7)4-5-11-14(16)13(15)9(3)18-11/h7-16,19H,4-6H2,1-3H3. The van der Waals surface area contributed by atoms with Gasteiger partial charge >= 0.3 is 0 Å². The van der Waals surface area contributed by atoms with Crippen LogP contribution in [0.5, 0.6) is 0 Å². The lowest BCUT2D eigenvalue weighted by Crippen LogP contribution is -2.32. The smallest absolute Gasteiger partial charge is 0.109 e. The third-order valence-corrected chi connectivity index (χ3v) is 5.21. The van der Waals surface area contributed by atoms with E-state index in [9.17, 15) is 10.2 Å². The van der Waals surface area contributed by atoms with Crippen molar-refractivity contribution >= 4 is 12.6 Å². The first kappa shape index (κ1) is 15.6. The molecular formula is C14H26O4S. The van der Waals surface area contributed by atoms with Gasteiger partial charge in [-0.3, -0.25) is 0 Å². The molecule has 0 aromatic carbocycles. The summed E-state index contributed by atoms with van der Waals surface area (Å²) in [6.07, 6.45) is 0.0951. The Morgan fingerprint density at radius 2 is 1.53 bits per heavy atom. The van der Waals surface area contributed by atoms with Gasteiger partial charge < -0.3 is 19.7 Å². The lowest BCUT2D eigenvalue weighted by atomic mass is 9.84. The molecule has 2 aliphatic rings. The Labute approximate surface area is 120 Å². The van der Waals surface area contributed by atoms with E-state index in [2.05, 4.69) is 26.5 Å². The van der Waals surface area contributed by atoms with Gasteiger partial charge in [0.1, 0.15) is 12.2 Å². The van der Waals surface area contributed by atoms with Crippen molar-refractivity contribution in [2.45, 2.75) is 70.2 Å². The molecule has 0 aromatic rings. The quantitative estimate of drug-likeness (QED) is 0.682. The van der Waals surface area contributed by atoms with Gasteiger partial charge in [0.25, 0.3) is 0 Å². The second-order valence-corrected chi connectivity index (χ2v) is 6.39. The molecule has 2 saturated heterocycles. The van der Waals surface area contributed by atoms with Gasteiger partial charge in [0.2, 0.25) is 0 Å². The van der Waals surface area contributed by atoms with Crippen LogP contribution in [0.25, 0.3) is 0 Å².